The third kappa shape index (κ3) is 2.93. The average Bonchev–Trinajstić information content (AvgIpc) is 3.53. The van der Waals surface area contributed by atoms with Crippen LogP contribution in [0.5, 0.6) is 0 Å². The van der Waals surface area contributed by atoms with Gasteiger partial charge in [0.2, 0.25) is 0 Å². The van der Waals surface area contributed by atoms with Crippen molar-refractivity contribution in [3.63, 3.8) is 0 Å². The van der Waals surface area contributed by atoms with Crippen molar-refractivity contribution in [2.24, 2.45) is 0 Å². The van der Waals surface area contributed by atoms with Gasteiger partial charge in [0.15, 0.2) is 0 Å². The Morgan fingerprint density at radius 3 is 2.18 bits per heavy atom. The van der Waals surface area contributed by atoms with Crippen LogP contribution in [0, 0.1) is 0 Å². The molecular formula is C35H25N3. The van der Waals surface area contributed by atoms with Crippen LogP contribution in [0.25, 0.3) is 71.8 Å². The van der Waals surface area contributed by atoms with Crippen molar-refractivity contribution in [1.29, 1.82) is 0 Å². The molecule has 8 rings (SSSR count). The van der Waals surface area contributed by atoms with Crippen LogP contribution >= 0.6 is 0 Å². The zero-order chi connectivity index (χ0) is 25.2. The predicted molar refractivity (Wildman–Crippen MR) is 159 cm³/mol. The van der Waals surface area contributed by atoms with Gasteiger partial charge in [-0.15, -0.1) is 0 Å². The third-order valence-corrected chi connectivity index (χ3v) is 7.90. The predicted octanol–water partition coefficient (Wildman–Crippen LogP) is 9.08. The minimum absolute atomic E-state index is 0.957. The van der Waals surface area contributed by atoms with Gasteiger partial charge in [-0.3, -0.25) is 4.57 Å². The number of benzene rings is 6. The number of para-hydroxylation sites is 2. The quantitative estimate of drug-likeness (QED) is 0.227. The van der Waals surface area contributed by atoms with Gasteiger partial charge in [0.25, 0.3) is 0 Å². The SMILES string of the molecule is CCn1c2cccc3ccc4c(-c5ccc(-n6c(-c7ccccc7)nc7ccccc76)cc5)ccc1c4c32. The van der Waals surface area contributed by atoms with Crippen LogP contribution in [-0.2, 0) is 6.54 Å². The first-order valence-electron chi connectivity index (χ1n) is 13.2. The van der Waals surface area contributed by atoms with Crippen LogP contribution in [-0.4, -0.2) is 14.1 Å². The lowest BCUT2D eigenvalue weighted by Crippen LogP contribution is -1.97. The molecule has 0 aliphatic carbocycles. The smallest absolute Gasteiger partial charge is 0.145 e. The van der Waals surface area contributed by atoms with Crippen molar-refractivity contribution in [1.82, 2.24) is 14.1 Å². The standard InChI is InChI=1S/C35H25N3/c1-2-37-31-14-8-11-24-17-20-28-27(21-22-32(37)34(28)33(24)31)23-15-18-26(19-16-23)38-30-13-7-6-12-29(30)36-35(38)25-9-4-3-5-10-25/h3-22H,2H2,1H3. The van der Waals surface area contributed by atoms with Crippen molar-refractivity contribution >= 4 is 43.6 Å². The molecule has 0 saturated heterocycles. The van der Waals surface area contributed by atoms with E-state index in [-0.39, 0.29) is 0 Å². The van der Waals surface area contributed by atoms with Gasteiger partial charge in [-0.25, -0.2) is 4.98 Å². The number of aromatic nitrogens is 3. The average molecular weight is 488 g/mol. The summed E-state index contributed by atoms with van der Waals surface area (Å²) in [6, 6.07) is 43.5. The van der Waals surface area contributed by atoms with E-state index in [0.717, 1.165) is 34.7 Å². The molecule has 38 heavy (non-hydrogen) atoms. The molecule has 0 aliphatic rings. The molecule has 0 amide bonds. The summed E-state index contributed by atoms with van der Waals surface area (Å²) in [4.78, 5) is 5.00. The molecule has 0 spiro atoms. The largest absolute Gasteiger partial charge is 0.341 e. The molecule has 180 valence electrons. The number of imidazole rings is 1. The van der Waals surface area contributed by atoms with Crippen molar-refractivity contribution in [2.75, 3.05) is 0 Å². The van der Waals surface area contributed by atoms with E-state index in [0.29, 0.717) is 0 Å². The minimum Gasteiger partial charge on any atom is -0.341 e. The molecule has 0 saturated carbocycles. The first-order chi connectivity index (χ1) is 18.8. The van der Waals surface area contributed by atoms with Crippen molar-refractivity contribution in [3.8, 4) is 28.2 Å². The number of fused-ring (bicyclic) bond motifs is 1. The van der Waals surface area contributed by atoms with Crippen LogP contribution in [0.15, 0.2) is 121 Å². The Bertz CT molecular complexity index is 2090. The first kappa shape index (κ1) is 21.2. The Labute approximate surface area is 220 Å². The minimum atomic E-state index is 0.957. The molecule has 0 fully saturated rings. The van der Waals surface area contributed by atoms with Gasteiger partial charge in [0, 0.05) is 39.6 Å². The zero-order valence-corrected chi connectivity index (χ0v) is 21.1. The molecule has 8 aromatic rings. The van der Waals surface area contributed by atoms with Crippen LogP contribution in [0.1, 0.15) is 6.92 Å². The Hall–Kier alpha value is -4.89. The van der Waals surface area contributed by atoms with Gasteiger partial charge in [0.05, 0.1) is 11.0 Å². The van der Waals surface area contributed by atoms with Crippen LogP contribution < -0.4 is 0 Å². The number of aryl methyl sites for hydroxylation is 1. The van der Waals surface area contributed by atoms with Crippen molar-refractivity contribution in [3.05, 3.63) is 121 Å². The number of nitrogens with zero attached hydrogens (tertiary/aromatic N) is 3. The van der Waals surface area contributed by atoms with Crippen LogP contribution in [0.2, 0.25) is 0 Å². The Kier molecular flexibility index (Phi) is 4.50. The summed E-state index contributed by atoms with van der Waals surface area (Å²) in [5, 5.41) is 5.36. The summed E-state index contributed by atoms with van der Waals surface area (Å²) in [6.07, 6.45) is 0. The van der Waals surface area contributed by atoms with E-state index in [2.05, 4.69) is 125 Å². The number of rotatable bonds is 4. The molecule has 3 nitrogen and oxygen atoms in total. The fourth-order valence-corrected chi connectivity index (χ4v) is 6.22. The molecule has 2 aromatic heterocycles. The molecule has 0 aliphatic heterocycles. The normalized spacial score (nSPS) is 11.9. The number of hydrogen-bond donors (Lipinski definition) is 0. The topological polar surface area (TPSA) is 22.8 Å². The second-order valence-corrected chi connectivity index (χ2v) is 9.91. The highest BCUT2D eigenvalue weighted by Crippen LogP contribution is 2.41. The lowest BCUT2D eigenvalue weighted by atomic mass is 9.94. The van der Waals surface area contributed by atoms with E-state index >= 15 is 0 Å². The summed E-state index contributed by atoms with van der Waals surface area (Å²) in [5.41, 5.74) is 9.44. The van der Waals surface area contributed by atoms with Crippen molar-refractivity contribution in [2.45, 2.75) is 13.5 Å². The Morgan fingerprint density at radius 1 is 0.579 bits per heavy atom. The Morgan fingerprint density at radius 2 is 1.34 bits per heavy atom. The second kappa shape index (κ2) is 8.06. The molecule has 0 atom stereocenters. The Balaban J connectivity index is 1.31. The van der Waals surface area contributed by atoms with E-state index < -0.39 is 0 Å². The van der Waals surface area contributed by atoms with E-state index in [1.165, 1.54) is 43.7 Å². The molecule has 0 bridgehead atoms. The van der Waals surface area contributed by atoms with E-state index in [9.17, 15) is 0 Å². The summed E-state index contributed by atoms with van der Waals surface area (Å²) in [5.74, 6) is 0.957. The highest BCUT2D eigenvalue weighted by Gasteiger charge is 2.18. The number of hydrogen-bond acceptors (Lipinski definition) is 1. The maximum absolute atomic E-state index is 5.00. The molecule has 0 unspecified atom stereocenters. The lowest BCUT2D eigenvalue weighted by molar-refractivity contribution is 0.827. The van der Waals surface area contributed by atoms with Crippen LogP contribution in [0.4, 0.5) is 0 Å². The van der Waals surface area contributed by atoms with Crippen molar-refractivity contribution < 1.29 is 0 Å². The van der Waals surface area contributed by atoms with E-state index in [4.69, 9.17) is 4.98 Å². The molecule has 3 heteroatoms. The molecule has 6 aromatic carbocycles. The molecule has 0 radical (unpaired) electrons. The fraction of sp³-hybridized carbons (Fsp3) is 0.0571. The van der Waals surface area contributed by atoms with Gasteiger partial charge >= 0.3 is 0 Å². The summed E-state index contributed by atoms with van der Waals surface area (Å²) in [6.45, 7) is 3.19. The van der Waals surface area contributed by atoms with Gasteiger partial charge < -0.3 is 4.57 Å². The highest BCUT2D eigenvalue weighted by atomic mass is 15.1. The first-order valence-corrected chi connectivity index (χ1v) is 13.2. The molecular weight excluding hydrogens is 462 g/mol. The maximum atomic E-state index is 5.00. The monoisotopic (exact) mass is 487 g/mol. The lowest BCUT2D eigenvalue weighted by Gasteiger charge is -2.12. The second-order valence-electron chi connectivity index (χ2n) is 9.91. The van der Waals surface area contributed by atoms with Gasteiger partial charge in [-0.05, 0) is 65.2 Å². The van der Waals surface area contributed by atoms with E-state index in [1.807, 2.05) is 12.1 Å². The zero-order valence-electron chi connectivity index (χ0n) is 21.1. The third-order valence-electron chi connectivity index (χ3n) is 7.90. The summed E-state index contributed by atoms with van der Waals surface area (Å²) < 4.78 is 4.70. The summed E-state index contributed by atoms with van der Waals surface area (Å²) >= 11 is 0. The maximum Gasteiger partial charge on any atom is 0.145 e. The van der Waals surface area contributed by atoms with Gasteiger partial charge in [-0.2, -0.15) is 0 Å². The van der Waals surface area contributed by atoms with Gasteiger partial charge in [0.1, 0.15) is 5.82 Å². The van der Waals surface area contributed by atoms with E-state index in [1.54, 1.807) is 0 Å². The molecule has 2 heterocycles. The summed E-state index contributed by atoms with van der Waals surface area (Å²) in [7, 11) is 0. The fourth-order valence-electron chi connectivity index (χ4n) is 6.22. The van der Waals surface area contributed by atoms with Gasteiger partial charge in [-0.1, -0.05) is 84.9 Å². The highest BCUT2D eigenvalue weighted by molar-refractivity contribution is 6.26. The van der Waals surface area contributed by atoms with Crippen LogP contribution in [0.3, 0.4) is 0 Å². The molecule has 0 N–H and O–H groups in total.